The van der Waals surface area contributed by atoms with Crippen LogP contribution in [0.4, 0.5) is 0 Å². The Balaban J connectivity index is 2.05. The van der Waals surface area contributed by atoms with E-state index in [0.29, 0.717) is 12.5 Å². The van der Waals surface area contributed by atoms with Crippen LogP contribution in [0.3, 0.4) is 0 Å². The zero-order valence-electron chi connectivity index (χ0n) is 12.3. The van der Waals surface area contributed by atoms with Gasteiger partial charge < -0.3 is 15.0 Å². The molecule has 0 spiro atoms. The molecule has 112 valence electrons. The predicted molar refractivity (Wildman–Crippen MR) is 81.4 cm³/mol. The van der Waals surface area contributed by atoms with Gasteiger partial charge in [-0.2, -0.15) is 0 Å². The lowest BCUT2D eigenvalue weighted by molar-refractivity contribution is -0.121. The van der Waals surface area contributed by atoms with Gasteiger partial charge in [-0.15, -0.1) is 0 Å². The molecule has 5 nitrogen and oxygen atoms in total. The highest BCUT2D eigenvalue weighted by Gasteiger charge is 2.09. The highest BCUT2D eigenvalue weighted by Crippen LogP contribution is 2.17. The molecule has 0 saturated heterocycles. The summed E-state index contributed by atoms with van der Waals surface area (Å²) in [6.45, 7) is 5.16. The van der Waals surface area contributed by atoms with Gasteiger partial charge in [0.15, 0.2) is 0 Å². The van der Waals surface area contributed by atoms with Crippen molar-refractivity contribution in [3.63, 3.8) is 0 Å². The van der Waals surface area contributed by atoms with E-state index >= 15 is 0 Å². The number of rotatable bonds is 6. The summed E-state index contributed by atoms with van der Waals surface area (Å²) >= 11 is 0. The zero-order valence-corrected chi connectivity index (χ0v) is 12.3. The van der Waals surface area contributed by atoms with Gasteiger partial charge in [-0.1, -0.05) is 13.8 Å². The van der Waals surface area contributed by atoms with Crippen LogP contribution in [0.5, 0.6) is 0 Å². The summed E-state index contributed by atoms with van der Waals surface area (Å²) in [5, 5.41) is 12.7. The van der Waals surface area contributed by atoms with Crippen molar-refractivity contribution >= 4 is 22.8 Å². The minimum absolute atomic E-state index is 0.0320. The molecular formula is C16H20N2O3. The third kappa shape index (κ3) is 3.84. The monoisotopic (exact) mass is 288 g/mol. The van der Waals surface area contributed by atoms with Crippen LogP contribution in [0.15, 0.2) is 30.5 Å². The second-order valence-electron chi connectivity index (χ2n) is 5.55. The summed E-state index contributed by atoms with van der Waals surface area (Å²) < 4.78 is 1.83. The number of benzene rings is 1. The van der Waals surface area contributed by atoms with Gasteiger partial charge in [-0.3, -0.25) is 4.79 Å². The van der Waals surface area contributed by atoms with Crippen LogP contribution in [0.1, 0.15) is 30.6 Å². The molecule has 0 atom stereocenters. The van der Waals surface area contributed by atoms with Gasteiger partial charge in [-0.05, 0) is 36.6 Å². The average Bonchev–Trinajstić information content (AvgIpc) is 2.80. The minimum Gasteiger partial charge on any atom is -0.478 e. The van der Waals surface area contributed by atoms with E-state index in [0.717, 1.165) is 17.3 Å². The van der Waals surface area contributed by atoms with E-state index in [1.165, 1.54) is 0 Å². The molecule has 0 unspecified atom stereocenters. The Morgan fingerprint density at radius 1 is 1.29 bits per heavy atom. The maximum Gasteiger partial charge on any atom is 0.335 e. The minimum atomic E-state index is -0.948. The van der Waals surface area contributed by atoms with Gasteiger partial charge in [0.2, 0.25) is 5.91 Å². The number of amides is 1. The van der Waals surface area contributed by atoms with Crippen LogP contribution < -0.4 is 5.32 Å². The fraction of sp³-hybridized carbons (Fsp3) is 0.375. The number of aromatic carboxylic acids is 1. The molecule has 1 heterocycles. The largest absolute Gasteiger partial charge is 0.478 e. The molecule has 1 aromatic carbocycles. The van der Waals surface area contributed by atoms with Crippen molar-refractivity contribution in [3.05, 3.63) is 36.0 Å². The van der Waals surface area contributed by atoms with Crippen molar-refractivity contribution in [1.82, 2.24) is 9.88 Å². The Morgan fingerprint density at radius 2 is 2.05 bits per heavy atom. The van der Waals surface area contributed by atoms with Crippen LogP contribution in [0.2, 0.25) is 0 Å². The molecule has 0 aliphatic rings. The number of carbonyl (C=O) groups excluding carboxylic acids is 1. The van der Waals surface area contributed by atoms with E-state index in [1.54, 1.807) is 24.4 Å². The summed E-state index contributed by atoms with van der Waals surface area (Å²) in [6, 6.07) is 6.73. The fourth-order valence-corrected chi connectivity index (χ4v) is 2.18. The van der Waals surface area contributed by atoms with Gasteiger partial charge >= 0.3 is 5.97 Å². The topological polar surface area (TPSA) is 71.3 Å². The first-order chi connectivity index (χ1) is 9.97. The standard InChI is InChI=1S/C16H20N2O3/c1-11(2)5-7-17-15(19)10-18-8-6-12-9-13(16(20)21)3-4-14(12)18/h3-4,6,8-9,11H,5,7,10H2,1-2H3,(H,17,19)(H,20,21). The van der Waals surface area contributed by atoms with Crippen molar-refractivity contribution in [2.75, 3.05) is 6.54 Å². The van der Waals surface area contributed by atoms with Gasteiger partial charge in [0.25, 0.3) is 0 Å². The molecular weight excluding hydrogens is 268 g/mol. The zero-order chi connectivity index (χ0) is 15.4. The van der Waals surface area contributed by atoms with Gasteiger partial charge in [0, 0.05) is 23.6 Å². The first-order valence-corrected chi connectivity index (χ1v) is 7.06. The number of fused-ring (bicyclic) bond motifs is 1. The number of carboxylic acid groups (broad SMARTS) is 1. The molecule has 0 aliphatic carbocycles. The predicted octanol–water partition coefficient (Wildman–Crippen LogP) is 2.50. The van der Waals surface area contributed by atoms with E-state index in [9.17, 15) is 9.59 Å². The maximum absolute atomic E-state index is 11.9. The first kappa shape index (κ1) is 15.1. The molecule has 0 radical (unpaired) electrons. The number of hydrogen-bond acceptors (Lipinski definition) is 2. The summed E-state index contributed by atoms with van der Waals surface area (Å²) in [4.78, 5) is 22.8. The molecule has 1 amide bonds. The third-order valence-corrected chi connectivity index (χ3v) is 3.38. The van der Waals surface area contributed by atoms with Crippen LogP contribution in [0, 0.1) is 5.92 Å². The molecule has 0 bridgehead atoms. The normalized spacial score (nSPS) is 11.0. The van der Waals surface area contributed by atoms with Crippen molar-refractivity contribution in [1.29, 1.82) is 0 Å². The lowest BCUT2D eigenvalue weighted by Crippen LogP contribution is -2.28. The molecule has 5 heteroatoms. The number of carboxylic acids is 1. The number of aromatic nitrogens is 1. The lowest BCUT2D eigenvalue weighted by Gasteiger charge is -2.09. The van der Waals surface area contributed by atoms with Crippen LogP contribution >= 0.6 is 0 Å². The number of carbonyl (C=O) groups is 2. The highest BCUT2D eigenvalue weighted by atomic mass is 16.4. The first-order valence-electron chi connectivity index (χ1n) is 7.06. The van der Waals surface area contributed by atoms with E-state index in [4.69, 9.17) is 5.11 Å². The number of nitrogens with zero attached hydrogens (tertiary/aromatic N) is 1. The Kier molecular flexibility index (Phi) is 4.62. The fourth-order valence-electron chi connectivity index (χ4n) is 2.18. The van der Waals surface area contributed by atoms with E-state index in [-0.39, 0.29) is 18.0 Å². The van der Waals surface area contributed by atoms with E-state index in [2.05, 4.69) is 19.2 Å². The summed E-state index contributed by atoms with van der Waals surface area (Å²) in [7, 11) is 0. The molecule has 21 heavy (non-hydrogen) atoms. The Morgan fingerprint density at radius 3 is 2.71 bits per heavy atom. The van der Waals surface area contributed by atoms with Gasteiger partial charge in [-0.25, -0.2) is 4.79 Å². The van der Waals surface area contributed by atoms with Gasteiger partial charge in [0.05, 0.1) is 5.56 Å². The van der Waals surface area contributed by atoms with Crippen molar-refractivity contribution in [3.8, 4) is 0 Å². The van der Waals surface area contributed by atoms with Crippen molar-refractivity contribution in [2.45, 2.75) is 26.8 Å². The lowest BCUT2D eigenvalue weighted by atomic mass is 10.1. The van der Waals surface area contributed by atoms with Crippen molar-refractivity contribution < 1.29 is 14.7 Å². The smallest absolute Gasteiger partial charge is 0.335 e. The van der Waals surface area contributed by atoms with Gasteiger partial charge in [0.1, 0.15) is 6.54 Å². The molecule has 2 aromatic rings. The SMILES string of the molecule is CC(C)CCNC(=O)Cn1ccc2cc(C(=O)O)ccc21. The highest BCUT2D eigenvalue weighted by molar-refractivity contribution is 5.94. The molecule has 1 aromatic heterocycles. The second kappa shape index (κ2) is 6.43. The molecule has 0 saturated carbocycles. The molecule has 2 N–H and O–H groups in total. The second-order valence-corrected chi connectivity index (χ2v) is 5.55. The van der Waals surface area contributed by atoms with E-state index in [1.807, 2.05) is 10.6 Å². The van der Waals surface area contributed by atoms with Crippen LogP contribution in [-0.2, 0) is 11.3 Å². The average molecular weight is 288 g/mol. The molecule has 0 aliphatic heterocycles. The summed E-state index contributed by atoms with van der Waals surface area (Å²) in [5.41, 5.74) is 1.11. The third-order valence-electron chi connectivity index (χ3n) is 3.38. The van der Waals surface area contributed by atoms with Crippen LogP contribution in [0.25, 0.3) is 10.9 Å². The Hall–Kier alpha value is -2.30. The number of nitrogens with one attached hydrogen (secondary N) is 1. The Labute approximate surface area is 123 Å². The number of hydrogen-bond donors (Lipinski definition) is 2. The van der Waals surface area contributed by atoms with Crippen LogP contribution in [-0.4, -0.2) is 28.1 Å². The maximum atomic E-state index is 11.9. The molecule has 0 fully saturated rings. The van der Waals surface area contributed by atoms with E-state index < -0.39 is 5.97 Å². The summed E-state index contributed by atoms with van der Waals surface area (Å²) in [6.07, 6.45) is 2.76. The molecule has 2 rings (SSSR count). The Bertz CT molecular complexity index is 659. The quantitative estimate of drug-likeness (QED) is 0.858. The summed E-state index contributed by atoms with van der Waals surface area (Å²) in [5.74, 6) is -0.418. The van der Waals surface area contributed by atoms with Crippen molar-refractivity contribution in [2.24, 2.45) is 5.92 Å².